The number of hydrogen-bond donors (Lipinski definition) is 2. The van der Waals surface area contributed by atoms with E-state index in [0.29, 0.717) is 12.8 Å². The standard InChI is InChI=1S/C15H16F6N6/c16-8-10(18)24-14(20)26-12(8)22-6-4-2-1-3-5-7-23-13-9(17)11(19)25-15(21)27-13/h1-7H2,(H,22,24,26)(H,23,25,27). The molecule has 0 aliphatic carbocycles. The van der Waals surface area contributed by atoms with E-state index in [0.717, 1.165) is 19.3 Å². The van der Waals surface area contributed by atoms with E-state index in [9.17, 15) is 26.3 Å². The highest BCUT2D eigenvalue weighted by Gasteiger charge is 2.14. The van der Waals surface area contributed by atoms with E-state index in [1.54, 1.807) is 0 Å². The zero-order valence-electron chi connectivity index (χ0n) is 14.0. The Morgan fingerprint density at radius 3 is 1.30 bits per heavy atom. The third kappa shape index (κ3) is 6.22. The predicted molar refractivity (Wildman–Crippen MR) is 83.9 cm³/mol. The van der Waals surface area contributed by atoms with Crippen molar-refractivity contribution in [2.75, 3.05) is 23.7 Å². The molecule has 0 unspecified atom stereocenters. The summed E-state index contributed by atoms with van der Waals surface area (Å²) < 4.78 is 78.0. The molecule has 2 aromatic heterocycles. The second-order valence-corrected chi connectivity index (χ2v) is 5.51. The van der Waals surface area contributed by atoms with Gasteiger partial charge in [-0.1, -0.05) is 19.3 Å². The zero-order chi connectivity index (χ0) is 19.8. The predicted octanol–water partition coefficient (Wildman–Crippen LogP) is 3.58. The van der Waals surface area contributed by atoms with E-state index in [2.05, 4.69) is 30.6 Å². The van der Waals surface area contributed by atoms with Gasteiger partial charge >= 0.3 is 12.2 Å². The average molecular weight is 394 g/mol. The Morgan fingerprint density at radius 1 is 0.519 bits per heavy atom. The van der Waals surface area contributed by atoms with Crippen LogP contribution in [-0.2, 0) is 0 Å². The van der Waals surface area contributed by atoms with Crippen molar-refractivity contribution in [1.29, 1.82) is 0 Å². The first-order valence-corrected chi connectivity index (χ1v) is 8.13. The van der Waals surface area contributed by atoms with Gasteiger partial charge in [0.1, 0.15) is 0 Å². The summed E-state index contributed by atoms with van der Waals surface area (Å²) in [7, 11) is 0. The molecule has 6 nitrogen and oxygen atoms in total. The molecule has 0 spiro atoms. The summed E-state index contributed by atoms with van der Waals surface area (Å²) in [5.41, 5.74) is 0. The lowest BCUT2D eigenvalue weighted by Crippen LogP contribution is -2.10. The van der Waals surface area contributed by atoms with Crippen LogP contribution in [-0.4, -0.2) is 33.0 Å². The highest BCUT2D eigenvalue weighted by Crippen LogP contribution is 2.14. The lowest BCUT2D eigenvalue weighted by atomic mass is 10.1. The molecular weight excluding hydrogens is 378 g/mol. The van der Waals surface area contributed by atoms with Gasteiger partial charge < -0.3 is 10.6 Å². The summed E-state index contributed by atoms with van der Waals surface area (Å²) in [6, 6.07) is 0. The molecule has 0 atom stereocenters. The topological polar surface area (TPSA) is 75.6 Å². The fourth-order valence-electron chi connectivity index (χ4n) is 2.22. The molecule has 0 fully saturated rings. The van der Waals surface area contributed by atoms with Crippen molar-refractivity contribution in [1.82, 2.24) is 19.9 Å². The Labute approximate surface area is 150 Å². The molecule has 0 saturated heterocycles. The summed E-state index contributed by atoms with van der Waals surface area (Å²) in [5, 5.41) is 4.98. The van der Waals surface area contributed by atoms with E-state index < -0.39 is 47.3 Å². The van der Waals surface area contributed by atoms with Crippen molar-refractivity contribution < 1.29 is 26.3 Å². The Balaban J connectivity index is 1.58. The zero-order valence-corrected chi connectivity index (χ0v) is 14.0. The summed E-state index contributed by atoms with van der Waals surface area (Å²) >= 11 is 0. The normalized spacial score (nSPS) is 10.9. The largest absolute Gasteiger partial charge is 0.367 e. The molecule has 27 heavy (non-hydrogen) atoms. The molecule has 0 aliphatic heterocycles. The van der Waals surface area contributed by atoms with Crippen molar-refractivity contribution in [2.45, 2.75) is 32.1 Å². The molecular formula is C15H16F6N6. The van der Waals surface area contributed by atoms with Crippen LogP contribution in [0.3, 0.4) is 0 Å². The highest BCUT2D eigenvalue weighted by molar-refractivity contribution is 5.35. The van der Waals surface area contributed by atoms with Crippen molar-refractivity contribution in [3.8, 4) is 0 Å². The Kier molecular flexibility index (Phi) is 7.55. The minimum absolute atomic E-state index is 0.260. The molecule has 2 heterocycles. The summed E-state index contributed by atoms with van der Waals surface area (Å²) in [4.78, 5) is 11.5. The van der Waals surface area contributed by atoms with Crippen LogP contribution in [0.25, 0.3) is 0 Å². The molecule has 2 aromatic rings. The van der Waals surface area contributed by atoms with Gasteiger partial charge in [0.25, 0.3) is 11.9 Å². The first-order chi connectivity index (χ1) is 12.9. The molecule has 2 N–H and O–H groups in total. The quantitative estimate of drug-likeness (QED) is 0.278. The second kappa shape index (κ2) is 9.88. The third-order valence-electron chi connectivity index (χ3n) is 3.51. The lowest BCUT2D eigenvalue weighted by Gasteiger charge is -2.08. The summed E-state index contributed by atoms with van der Waals surface area (Å²) in [6.07, 6.45) is 0.708. The van der Waals surface area contributed by atoms with Crippen LogP contribution < -0.4 is 10.6 Å². The number of unbranched alkanes of at least 4 members (excludes halogenated alkanes) is 4. The fraction of sp³-hybridized carbons (Fsp3) is 0.467. The van der Waals surface area contributed by atoms with Crippen molar-refractivity contribution in [3.63, 3.8) is 0 Å². The number of rotatable bonds is 10. The third-order valence-corrected chi connectivity index (χ3v) is 3.51. The molecule has 148 valence electrons. The van der Waals surface area contributed by atoms with E-state index in [1.807, 2.05) is 0 Å². The van der Waals surface area contributed by atoms with Gasteiger partial charge in [0.05, 0.1) is 0 Å². The Bertz CT molecular complexity index is 711. The monoisotopic (exact) mass is 394 g/mol. The number of halogens is 6. The SMILES string of the molecule is Fc1nc(F)c(F)c(NCCCCCCCNc2nc(F)nc(F)c2F)n1. The van der Waals surface area contributed by atoms with Gasteiger partial charge in [-0.3, -0.25) is 0 Å². The van der Waals surface area contributed by atoms with Crippen LogP contribution in [0.2, 0.25) is 0 Å². The van der Waals surface area contributed by atoms with Crippen molar-refractivity contribution in [2.24, 2.45) is 0 Å². The number of hydrogen-bond acceptors (Lipinski definition) is 6. The molecule has 0 amide bonds. The van der Waals surface area contributed by atoms with Gasteiger partial charge in [-0.2, -0.15) is 46.3 Å². The van der Waals surface area contributed by atoms with E-state index >= 15 is 0 Å². The molecule has 0 aromatic carbocycles. The van der Waals surface area contributed by atoms with Crippen LogP contribution in [0.5, 0.6) is 0 Å². The summed E-state index contributed by atoms with van der Waals surface area (Å²) in [6.45, 7) is 0.519. The van der Waals surface area contributed by atoms with Gasteiger partial charge in [-0.25, -0.2) is 0 Å². The first kappa shape index (κ1) is 20.6. The number of anilines is 2. The van der Waals surface area contributed by atoms with Crippen LogP contribution in [0, 0.1) is 35.7 Å². The lowest BCUT2D eigenvalue weighted by molar-refractivity contribution is 0.429. The molecule has 0 saturated carbocycles. The van der Waals surface area contributed by atoms with Crippen LogP contribution in [0.4, 0.5) is 38.0 Å². The van der Waals surface area contributed by atoms with Gasteiger partial charge in [0.15, 0.2) is 11.6 Å². The van der Waals surface area contributed by atoms with Gasteiger partial charge in [0, 0.05) is 13.1 Å². The van der Waals surface area contributed by atoms with Crippen molar-refractivity contribution >= 4 is 11.6 Å². The average Bonchev–Trinajstić information content (AvgIpc) is 2.61. The minimum atomic E-state index is -1.56. The molecule has 0 radical (unpaired) electrons. The molecule has 0 aliphatic rings. The number of nitrogens with zero attached hydrogens (tertiary/aromatic N) is 4. The Hall–Kier alpha value is -2.66. The van der Waals surface area contributed by atoms with Crippen molar-refractivity contribution in [3.05, 3.63) is 35.7 Å². The van der Waals surface area contributed by atoms with Gasteiger partial charge in [-0.05, 0) is 12.8 Å². The molecule has 0 bridgehead atoms. The van der Waals surface area contributed by atoms with Gasteiger partial charge in [0.2, 0.25) is 11.6 Å². The van der Waals surface area contributed by atoms with Gasteiger partial charge in [-0.15, -0.1) is 0 Å². The number of aromatic nitrogens is 4. The first-order valence-electron chi connectivity index (χ1n) is 8.13. The number of nitrogens with one attached hydrogen (secondary N) is 2. The maximum atomic E-state index is 13.3. The van der Waals surface area contributed by atoms with Crippen LogP contribution in [0.1, 0.15) is 32.1 Å². The smallest absolute Gasteiger partial charge is 0.313 e. The maximum Gasteiger partial charge on any atom is 0.313 e. The van der Waals surface area contributed by atoms with Crippen LogP contribution >= 0.6 is 0 Å². The fourth-order valence-corrected chi connectivity index (χ4v) is 2.22. The van der Waals surface area contributed by atoms with E-state index in [-0.39, 0.29) is 13.1 Å². The minimum Gasteiger partial charge on any atom is -0.367 e. The Morgan fingerprint density at radius 2 is 0.889 bits per heavy atom. The molecule has 2 rings (SSSR count). The van der Waals surface area contributed by atoms with Crippen LogP contribution in [0.15, 0.2) is 0 Å². The highest BCUT2D eigenvalue weighted by atomic mass is 19.2. The summed E-state index contributed by atoms with van der Waals surface area (Å²) in [5.74, 6) is -6.86. The van der Waals surface area contributed by atoms with E-state index in [4.69, 9.17) is 0 Å². The second-order valence-electron chi connectivity index (χ2n) is 5.51. The molecule has 12 heteroatoms. The van der Waals surface area contributed by atoms with E-state index in [1.165, 1.54) is 0 Å². The maximum absolute atomic E-state index is 13.3.